The average Bonchev–Trinajstić information content (AvgIpc) is 4.07. The molecule has 1 aliphatic rings. The monoisotopic (exact) mass is 1080 g/mol. The molecule has 1 saturated heterocycles. The van der Waals surface area contributed by atoms with E-state index < -0.39 is 108 Å². The highest BCUT2D eigenvalue weighted by Crippen LogP contribution is 2.20. The van der Waals surface area contributed by atoms with Gasteiger partial charge in [0.2, 0.25) is 47.3 Å². The molecule has 7 unspecified atom stereocenters. The number of aliphatic carboxylic acids is 2. The van der Waals surface area contributed by atoms with Crippen molar-refractivity contribution < 1.29 is 58.2 Å². The first-order valence-electron chi connectivity index (χ1n) is 25.6. The third-order valence-electron chi connectivity index (χ3n) is 12.3. The molecular weight excluding hydrogens is 1010 g/mol. The van der Waals surface area contributed by atoms with Crippen molar-refractivity contribution in [2.75, 3.05) is 13.1 Å². The SMILES string of the molecule is CC(=O)O.CCCCC(NC(C)=O)C(=O)NC1CC(=O)NCCCCC(C(=O)O)NC(=O)C(Cc2c[nH]c3ccccc23)NC(=O)C(CCCN=C(N)N)NC(=O)C(Cc2ccccc2)NC(=O)C(Cc2cnc[nH]2)NC1=O. The molecule has 16 N–H and O–H groups in total. The first-order chi connectivity index (χ1) is 37.2. The fourth-order valence-corrected chi connectivity index (χ4v) is 8.37. The zero-order valence-electron chi connectivity index (χ0n) is 43.9. The van der Waals surface area contributed by atoms with E-state index in [9.17, 15) is 48.3 Å². The van der Waals surface area contributed by atoms with Gasteiger partial charge in [0.15, 0.2) is 5.96 Å². The molecule has 0 saturated carbocycles. The number of H-pyrrole nitrogens is 2. The fraction of sp³-hybridized carbons (Fsp3) is 0.462. The number of rotatable bonds is 17. The highest BCUT2D eigenvalue weighted by molar-refractivity contribution is 5.99. The molecule has 422 valence electrons. The highest BCUT2D eigenvalue weighted by atomic mass is 16.4. The number of carbonyl (C=O) groups is 10. The average molecular weight is 1090 g/mol. The van der Waals surface area contributed by atoms with Crippen molar-refractivity contribution in [3.05, 3.63) is 90.1 Å². The topological polar surface area (TPSA) is 416 Å². The van der Waals surface area contributed by atoms with Crippen LogP contribution in [0.4, 0.5) is 0 Å². The van der Waals surface area contributed by atoms with Gasteiger partial charge < -0.3 is 74.2 Å². The molecule has 5 rings (SSSR count). The molecule has 0 bridgehead atoms. The quantitative estimate of drug-likeness (QED) is 0.0358. The number of carboxylic acids is 2. The molecule has 1 fully saturated rings. The lowest BCUT2D eigenvalue weighted by molar-refractivity contribution is -0.142. The number of hydrogen-bond donors (Lipinski definition) is 14. The smallest absolute Gasteiger partial charge is 0.326 e. The summed E-state index contributed by atoms with van der Waals surface area (Å²) in [5.41, 5.74) is 13.5. The van der Waals surface area contributed by atoms with Crippen molar-refractivity contribution in [1.29, 1.82) is 0 Å². The molecule has 3 heterocycles. The summed E-state index contributed by atoms with van der Waals surface area (Å²) >= 11 is 0. The standard InChI is InChI=1S/C50H68N14O10.C2H4O2/c1-3-4-16-35(58-29(2)65)43(67)64-41-25-42(66)54-20-11-10-18-37(49(73)74)60-46(70)39(23-31-26-56-34-17-9-8-15-33(31)34)62-44(68)36(19-12-21-55-50(51)52)59-45(69)38(22-30-13-6-5-7-14-30)61-47(71)40(63-48(41)72)24-32-27-53-28-57-32;1-2(3)4/h5-9,13-15,17,26-28,35-41,56H,3-4,10-12,16,18-25H2,1-2H3,(H,53,57)(H,54,66)(H,58,65)(H,59,69)(H,60,70)(H,61,71)(H,62,68)(H,63,72)(H,64,67)(H,73,74)(H4,51,52,55);1H3,(H,3,4). The molecule has 0 aliphatic carbocycles. The van der Waals surface area contributed by atoms with Crippen LogP contribution in [-0.2, 0) is 67.2 Å². The summed E-state index contributed by atoms with van der Waals surface area (Å²) in [6.07, 6.45) is 5.28. The Morgan fingerprint density at radius 1 is 0.756 bits per heavy atom. The number of amides is 8. The second-order valence-corrected chi connectivity index (χ2v) is 18.7. The summed E-state index contributed by atoms with van der Waals surface area (Å²) in [4.78, 5) is 148. The number of nitrogens with two attached hydrogens (primary N) is 2. The van der Waals surface area contributed by atoms with E-state index in [1.54, 1.807) is 42.6 Å². The van der Waals surface area contributed by atoms with Gasteiger partial charge >= 0.3 is 5.97 Å². The zero-order chi connectivity index (χ0) is 57.1. The van der Waals surface area contributed by atoms with Crippen molar-refractivity contribution in [2.45, 2.75) is 140 Å². The number of carbonyl (C=O) groups excluding carboxylic acids is 8. The first kappa shape index (κ1) is 61.7. The van der Waals surface area contributed by atoms with E-state index in [-0.39, 0.29) is 76.8 Å². The van der Waals surface area contributed by atoms with Crippen molar-refractivity contribution in [3.8, 4) is 0 Å². The van der Waals surface area contributed by atoms with Crippen LogP contribution in [0.1, 0.15) is 95.4 Å². The Morgan fingerprint density at radius 3 is 2.01 bits per heavy atom. The molecule has 2 aromatic heterocycles. The summed E-state index contributed by atoms with van der Waals surface area (Å²) in [7, 11) is 0. The maximum absolute atomic E-state index is 14.7. The van der Waals surface area contributed by atoms with Gasteiger partial charge in [0.05, 0.1) is 12.7 Å². The lowest BCUT2D eigenvalue weighted by Crippen LogP contribution is -2.61. The van der Waals surface area contributed by atoms with Gasteiger partial charge in [0.25, 0.3) is 5.97 Å². The van der Waals surface area contributed by atoms with Gasteiger partial charge in [-0.2, -0.15) is 0 Å². The first-order valence-corrected chi connectivity index (χ1v) is 25.6. The molecule has 0 radical (unpaired) electrons. The van der Waals surface area contributed by atoms with Gasteiger partial charge in [-0.05, 0) is 55.7 Å². The van der Waals surface area contributed by atoms with E-state index in [0.29, 0.717) is 29.7 Å². The number of hydrogen-bond acceptors (Lipinski definition) is 12. The Bertz CT molecular complexity index is 2690. The second kappa shape index (κ2) is 31.9. The molecule has 26 heteroatoms. The molecule has 0 spiro atoms. The number of aliphatic imine (C=N–C) groups is 1. The maximum atomic E-state index is 14.7. The molecule has 26 nitrogen and oxygen atoms in total. The predicted molar refractivity (Wildman–Crippen MR) is 285 cm³/mol. The molecule has 8 amide bonds. The van der Waals surface area contributed by atoms with Crippen LogP contribution in [0.5, 0.6) is 0 Å². The van der Waals surface area contributed by atoms with Crippen LogP contribution in [0, 0.1) is 0 Å². The summed E-state index contributed by atoms with van der Waals surface area (Å²) in [6, 6.07) is 6.21. The number of aromatic amines is 2. The van der Waals surface area contributed by atoms with E-state index in [1.165, 1.54) is 19.4 Å². The van der Waals surface area contributed by atoms with Gasteiger partial charge in [-0.25, -0.2) is 9.78 Å². The van der Waals surface area contributed by atoms with Gasteiger partial charge in [-0.3, -0.25) is 48.1 Å². The number of unbranched alkanes of at least 4 members (excludes halogenated alkanes) is 1. The Kier molecular flexibility index (Phi) is 25.2. The third kappa shape index (κ3) is 21.4. The van der Waals surface area contributed by atoms with Crippen LogP contribution < -0.4 is 54.0 Å². The van der Waals surface area contributed by atoms with Gasteiger partial charge in [-0.1, -0.05) is 68.3 Å². The summed E-state index contributed by atoms with van der Waals surface area (Å²) in [6.45, 7) is 4.27. The Morgan fingerprint density at radius 2 is 1.37 bits per heavy atom. The Labute approximate surface area is 450 Å². The lowest BCUT2D eigenvalue weighted by atomic mass is 10.0. The number of guanidine groups is 1. The lowest BCUT2D eigenvalue weighted by Gasteiger charge is -2.28. The van der Waals surface area contributed by atoms with E-state index in [2.05, 4.69) is 62.5 Å². The Balaban J connectivity index is 0.00000317. The number of nitrogens with one attached hydrogen (secondary N) is 10. The zero-order valence-corrected chi connectivity index (χ0v) is 43.9. The second-order valence-electron chi connectivity index (χ2n) is 18.7. The van der Waals surface area contributed by atoms with Gasteiger partial charge in [-0.15, -0.1) is 0 Å². The van der Waals surface area contributed by atoms with Crippen molar-refractivity contribution in [3.63, 3.8) is 0 Å². The van der Waals surface area contributed by atoms with E-state index in [1.807, 2.05) is 25.1 Å². The van der Waals surface area contributed by atoms with E-state index in [4.69, 9.17) is 21.4 Å². The van der Waals surface area contributed by atoms with E-state index in [0.717, 1.165) is 17.8 Å². The number of fused-ring (bicyclic) bond motifs is 1. The minimum absolute atomic E-state index is 0.00489. The number of imidazole rings is 1. The van der Waals surface area contributed by atoms with Crippen LogP contribution in [0.2, 0.25) is 0 Å². The number of nitrogens with zero attached hydrogens (tertiary/aromatic N) is 2. The summed E-state index contributed by atoms with van der Waals surface area (Å²) < 4.78 is 0. The molecule has 7 atom stereocenters. The number of para-hydroxylation sites is 1. The number of aromatic nitrogens is 3. The largest absolute Gasteiger partial charge is 0.481 e. The third-order valence-corrected chi connectivity index (χ3v) is 12.3. The van der Waals surface area contributed by atoms with Crippen LogP contribution in [0.3, 0.4) is 0 Å². The molecular formula is C52H72N14O12. The van der Waals surface area contributed by atoms with Crippen molar-refractivity contribution in [2.24, 2.45) is 16.5 Å². The van der Waals surface area contributed by atoms with Crippen molar-refractivity contribution >= 4 is 76.1 Å². The molecule has 78 heavy (non-hydrogen) atoms. The van der Waals surface area contributed by atoms with Crippen molar-refractivity contribution in [1.82, 2.24) is 57.5 Å². The van der Waals surface area contributed by atoms with Crippen LogP contribution in [0.15, 0.2) is 78.3 Å². The minimum Gasteiger partial charge on any atom is -0.481 e. The number of carboxylic acid groups (broad SMARTS) is 2. The molecule has 4 aromatic rings. The summed E-state index contributed by atoms with van der Waals surface area (Å²) in [5.74, 6) is -8.64. The maximum Gasteiger partial charge on any atom is 0.326 e. The van der Waals surface area contributed by atoms with Crippen LogP contribution in [0.25, 0.3) is 10.9 Å². The van der Waals surface area contributed by atoms with Crippen LogP contribution >= 0.6 is 0 Å². The molecule has 2 aromatic carbocycles. The summed E-state index contributed by atoms with van der Waals surface area (Å²) in [5, 5.41) is 39.8. The van der Waals surface area contributed by atoms with Gasteiger partial charge in [0.1, 0.15) is 42.3 Å². The molecule has 1 aliphatic heterocycles. The fourth-order valence-electron chi connectivity index (χ4n) is 8.37. The number of benzene rings is 2. The van der Waals surface area contributed by atoms with Gasteiger partial charge in [0, 0.05) is 75.2 Å². The Hall–Kier alpha value is -8.84. The van der Waals surface area contributed by atoms with E-state index >= 15 is 0 Å². The predicted octanol–water partition coefficient (Wildman–Crippen LogP) is -0.558. The normalized spacial score (nSPS) is 20.6. The highest BCUT2D eigenvalue weighted by Gasteiger charge is 2.35. The minimum atomic E-state index is -1.59. The van der Waals surface area contributed by atoms with Crippen LogP contribution in [-0.4, -0.2) is 146 Å².